The van der Waals surface area contributed by atoms with E-state index in [0.29, 0.717) is 11.1 Å². The molecule has 0 aliphatic heterocycles. The number of carbonyl (C=O) groups is 1. The summed E-state index contributed by atoms with van der Waals surface area (Å²) in [5, 5.41) is 2.57. The van der Waals surface area contributed by atoms with Crippen LogP contribution in [0, 0.1) is 13.8 Å². The van der Waals surface area contributed by atoms with Crippen molar-refractivity contribution in [3.8, 4) is 11.5 Å². The van der Waals surface area contributed by atoms with E-state index in [4.69, 9.17) is 4.74 Å². The van der Waals surface area contributed by atoms with E-state index in [0.717, 1.165) is 5.56 Å². The number of aryl methyl sites for hydroxylation is 2. The van der Waals surface area contributed by atoms with Gasteiger partial charge in [0.2, 0.25) is 15.9 Å². The minimum absolute atomic E-state index is 0.0173. The summed E-state index contributed by atoms with van der Waals surface area (Å²) in [5.41, 5.74) is 2.00. The highest BCUT2D eigenvalue weighted by atomic mass is 32.2. The molecule has 0 spiro atoms. The van der Waals surface area contributed by atoms with E-state index in [1.807, 2.05) is 13.0 Å². The lowest BCUT2D eigenvalue weighted by Crippen LogP contribution is -2.34. The molecular weight excluding hydrogens is 442 g/mol. The van der Waals surface area contributed by atoms with E-state index in [-0.39, 0.29) is 36.1 Å². The van der Waals surface area contributed by atoms with Gasteiger partial charge in [-0.05, 0) is 61.7 Å². The zero-order chi connectivity index (χ0) is 23.7. The van der Waals surface area contributed by atoms with E-state index < -0.39 is 22.5 Å². The van der Waals surface area contributed by atoms with Gasteiger partial charge in [0.15, 0.2) is 11.5 Å². The molecule has 0 radical (unpaired) electrons. The number of halogens is 2. The van der Waals surface area contributed by atoms with Crippen LogP contribution in [-0.2, 0) is 14.8 Å². The van der Waals surface area contributed by atoms with Crippen molar-refractivity contribution in [2.24, 2.45) is 0 Å². The van der Waals surface area contributed by atoms with Crippen LogP contribution in [0.3, 0.4) is 0 Å². The molecule has 0 bridgehead atoms. The Kier molecular flexibility index (Phi) is 9.15. The molecule has 2 rings (SSSR count). The topological polar surface area (TPSA) is 93.7 Å². The standard InChI is InChI=1S/C22H26F2N2O5S/c1-4-30-19-14-17(7-9-18(19)31-22(23)24)8-10-21(27)25-11-12-26-32(28,29)20-13-15(2)5-6-16(20)3/h5-10,13-14,22,26H,4,11-12H2,1-3H3,(H,25,27)/b10-8+. The molecule has 0 unspecified atom stereocenters. The van der Waals surface area contributed by atoms with Crippen molar-refractivity contribution in [3.05, 3.63) is 59.2 Å². The first-order valence-corrected chi connectivity index (χ1v) is 11.3. The molecule has 0 atom stereocenters. The molecule has 2 N–H and O–H groups in total. The molecule has 0 saturated carbocycles. The molecule has 0 heterocycles. The SMILES string of the molecule is CCOc1cc(/C=C/C(=O)NCCNS(=O)(=O)c2cc(C)ccc2C)ccc1OC(F)F. The first-order valence-electron chi connectivity index (χ1n) is 9.87. The highest BCUT2D eigenvalue weighted by Crippen LogP contribution is 2.30. The lowest BCUT2D eigenvalue weighted by molar-refractivity contribution is -0.116. The van der Waals surface area contributed by atoms with Gasteiger partial charge in [-0.2, -0.15) is 8.78 Å². The van der Waals surface area contributed by atoms with E-state index in [2.05, 4.69) is 14.8 Å². The smallest absolute Gasteiger partial charge is 0.387 e. The largest absolute Gasteiger partial charge is 0.490 e. The highest BCUT2D eigenvalue weighted by molar-refractivity contribution is 7.89. The van der Waals surface area contributed by atoms with Gasteiger partial charge in [-0.3, -0.25) is 4.79 Å². The molecule has 2 aromatic rings. The van der Waals surface area contributed by atoms with Crippen molar-refractivity contribution >= 4 is 22.0 Å². The fourth-order valence-corrected chi connectivity index (χ4v) is 4.13. The number of rotatable bonds is 11. The number of carbonyl (C=O) groups excluding carboxylic acids is 1. The Hall–Kier alpha value is -2.98. The second-order valence-corrected chi connectivity index (χ2v) is 8.54. The monoisotopic (exact) mass is 468 g/mol. The summed E-state index contributed by atoms with van der Waals surface area (Å²) in [7, 11) is -3.69. The quantitative estimate of drug-likeness (QED) is 0.389. The van der Waals surface area contributed by atoms with Crippen LogP contribution >= 0.6 is 0 Å². The summed E-state index contributed by atoms with van der Waals surface area (Å²) in [5.74, 6) is -0.405. The van der Waals surface area contributed by atoms with Crippen LogP contribution < -0.4 is 19.5 Å². The first kappa shape index (κ1) is 25.3. The summed E-state index contributed by atoms with van der Waals surface area (Å²) in [4.78, 5) is 12.2. The van der Waals surface area contributed by atoms with Gasteiger partial charge < -0.3 is 14.8 Å². The summed E-state index contributed by atoms with van der Waals surface area (Å²) < 4.78 is 61.9. The van der Waals surface area contributed by atoms with Gasteiger partial charge in [-0.1, -0.05) is 18.2 Å². The predicted molar refractivity (Wildman–Crippen MR) is 117 cm³/mol. The fourth-order valence-electron chi connectivity index (χ4n) is 2.77. The molecule has 174 valence electrons. The Morgan fingerprint density at radius 2 is 1.84 bits per heavy atom. The molecule has 32 heavy (non-hydrogen) atoms. The van der Waals surface area contributed by atoms with Crippen molar-refractivity contribution in [1.82, 2.24) is 10.0 Å². The molecule has 7 nitrogen and oxygen atoms in total. The number of hydrogen-bond acceptors (Lipinski definition) is 5. The number of amides is 1. The molecule has 1 amide bonds. The summed E-state index contributed by atoms with van der Waals surface area (Å²) in [6.07, 6.45) is 2.72. The Morgan fingerprint density at radius 3 is 2.53 bits per heavy atom. The van der Waals surface area contributed by atoms with E-state index in [1.54, 1.807) is 26.0 Å². The molecule has 2 aromatic carbocycles. The molecule has 0 aliphatic carbocycles. The fraction of sp³-hybridized carbons (Fsp3) is 0.318. The summed E-state index contributed by atoms with van der Waals surface area (Å²) >= 11 is 0. The van der Waals surface area contributed by atoms with E-state index >= 15 is 0 Å². The van der Waals surface area contributed by atoms with Gasteiger partial charge in [0.05, 0.1) is 11.5 Å². The van der Waals surface area contributed by atoms with Crippen LogP contribution in [0.5, 0.6) is 11.5 Å². The first-order chi connectivity index (χ1) is 15.1. The van der Waals surface area contributed by atoms with Gasteiger partial charge in [0, 0.05) is 19.2 Å². The maximum Gasteiger partial charge on any atom is 0.387 e. The third kappa shape index (κ3) is 7.61. The van der Waals surface area contributed by atoms with Crippen LogP contribution in [0.25, 0.3) is 6.08 Å². The number of alkyl halides is 2. The zero-order valence-electron chi connectivity index (χ0n) is 18.0. The number of benzene rings is 2. The molecule has 10 heteroatoms. The van der Waals surface area contributed by atoms with Crippen LogP contribution in [0.2, 0.25) is 0 Å². The lowest BCUT2D eigenvalue weighted by atomic mass is 10.2. The Morgan fingerprint density at radius 1 is 1.09 bits per heavy atom. The van der Waals surface area contributed by atoms with Crippen molar-refractivity contribution in [3.63, 3.8) is 0 Å². The number of sulfonamides is 1. The predicted octanol–water partition coefficient (Wildman–Crippen LogP) is 3.41. The van der Waals surface area contributed by atoms with Crippen molar-refractivity contribution < 1.29 is 31.5 Å². The van der Waals surface area contributed by atoms with Gasteiger partial charge >= 0.3 is 6.61 Å². The number of ether oxygens (including phenoxy) is 2. The third-order valence-electron chi connectivity index (χ3n) is 4.26. The maximum absolute atomic E-state index is 12.5. The molecule has 0 aromatic heterocycles. The molecular formula is C22H26F2N2O5S. The molecule has 0 saturated heterocycles. The van der Waals surface area contributed by atoms with Crippen LogP contribution in [0.15, 0.2) is 47.4 Å². The van der Waals surface area contributed by atoms with Gasteiger partial charge in [-0.15, -0.1) is 0 Å². The minimum Gasteiger partial charge on any atom is -0.490 e. The Balaban J connectivity index is 1.90. The van der Waals surface area contributed by atoms with Gasteiger partial charge in [0.1, 0.15) is 0 Å². The number of hydrogen-bond donors (Lipinski definition) is 2. The number of nitrogens with one attached hydrogen (secondary N) is 2. The van der Waals surface area contributed by atoms with Crippen molar-refractivity contribution in [2.75, 3.05) is 19.7 Å². The van der Waals surface area contributed by atoms with Crippen LogP contribution in [0.4, 0.5) is 8.78 Å². The normalized spacial score (nSPS) is 11.7. The Labute approximate surface area is 186 Å². The van der Waals surface area contributed by atoms with Gasteiger partial charge in [-0.25, -0.2) is 13.1 Å². The second-order valence-electron chi connectivity index (χ2n) is 6.81. The average Bonchev–Trinajstić information content (AvgIpc) is 2.73. The molecule has 0 aliphatic rings. The summed E-state index contributed by atoms with van der Waals surface area (Å²) in [6.45, 7) is 2.60. The van der Waals surface area contributed by atoms with Crippen molar-refractivity contribution in [2.45, 2.75) is 32.3 Å². The maximum atomic E-state index is 12.5. The average molecular weight is 469 g/mol. The zero-order valence-corrected chi connectivity index (χ0v) is 18.8. The second kappa shape index (κ2) is 11.6. The third-order valence-corrected chi connectivity index (χ3v) is 5.86. The van der Waals surface area contributed by atoms with Gasteiger partial charge in [0.25, 0.3) is 0 Å². The lowest BCUT2D eigenvalue weighted by Gasteiger charge is -2.11. The van der Waals surface area contributed by atoms with E-state index in [9.17, 15) is 22.0 Å². The highest BCUT2D eigenvalue weighted by Gasteiger charge is 2.16. The molecule has 0 fully saturated rings. The van der Waals surface area contributed by atoms with Crippen molar-refractivity contribution in [1.29, 1.82) is 0 Å². The van der Waals surface area contributed by atoms with Crippen LogP contribution in [0.1, 0.15) is 23.6 Å². The Bertz CT molecular complexity index is 1070. The summed E-state index contributed by atoms with van der Waals surface area (Å²) in [6, 6.07) is 9.47. The minimum atomic E-state index is -3.69. The van der Waals surface area contributed by atoms with E-state index in [1.165, 1.54) is 30.4 Å². The van der Waals surface area contributed by atoms with Crippen LogP contribution in [-0.4, -0.2) is 40.6 Å².